The van der Waals surface area contributed by atoms with Crippen LogP contribution in [-0.2, 0) is 4.74 Å². The van der Waals surface area contributed by atoms with Crippen LogP contribution in [0.2, 0.25) is 0 Å². The molecule has 1 aromatic carbocycles. The number of nitro groups is 1. The Labute approximate surface area is 145 Å². The lowest BCUT2D eigenvalue weighted by molar-refractivity contribution is -0.384. The van der Waals surface area contributed by atoms with E-state index in [-0.39, 0.29) is 29.2 Å². The first-order chi connectivity index (χ1) is 11.4. The number of anilines is 1. The van der Waals surface area contributed by atoms with Crippen molar-refractivity contribution in [2.24, 2.45) is 0 Å². The highest BCUT2D eigenvalue weighted by Gasteiger charge is 2.19. The van der Waals surface area contributed by atoms with Crippen LogP contribution in [0.5, 0.6) is 0 Å². The van der Waals surface area contributed by atoms with Gasteiger partial charge >= 0.3 is 5.97 Å². The van der Waals surface area contributed by atoms with E-state index >= 15 is 0 Å². The maximum Gasteiger partial charge on any atom is 0.338 e. The van der Waals surface area contributed by atoms with Crippen LogP contribution in [0, 0.1) is 10.1 Å². The summed E-state index contributed by atoms with van der Waals surface area (Å²) in [6.45, 7) is 1.73. The summed E-state index contributed by atoms with van der Waals surface area (Å²) in [5.41, 5.74) is -0.494. The maximum atomic E-state index is 12.3. The second-order valence-corrected chi connectivity index (χ2v) is 5.48. The van der Waals surface area contributed by atoms with Crippen LogP contribution in [0.1, 0.15) is 27.6 Å². The number of rotatable bonds is 5. The number of hydrogen-bond donors (Lipinski definition) is 1. The fourth-order valence-corrected chi connectivity index (χ4v) is 2.05. The molecule has 8 nitrogen and oxygen atoms in total. The number of non-ortho nitro benzene ring substituents is 1. The number of nitro benzene ring substituents is 1. The number of nitrogens with one attached hydrogen (secondary N) is 1. The average Bonchev–Trinajstić information content (AvgIpc) is 2.56. The molecule has 1 heterocycles. The Morgan fingerprint density at radius 2 is 2.00 bits per heavy atom. The zero-order valence-electron chi connectivity index (χ0n) is 12.5. The normalized spacial score (nSPS) is 10.1. The summed E-state index contributed by atoms with van der Waals surface area (Å²) in [7, 11) is 0. The second-order valence-electron chi connectivity index (χ2n) is 4.56. The number of amides is 1. The number of carbonyl (C=O) groups is 2. The Hall–Kier alpha value is -2.81. The van der Waals surface area contributed by atoms with Crippen molar-refractivity contribution in [3.8, 4) is 0 Å². The van der Waals surface area contributed by atoms with Crippen molar-refractivity contribution in [1.29, 1.82) is 0 Å². The van der Waals surface area contributed by atoms with E-state index in [2.05, 4.69) is 26.2 Å². The lowest BCUT2D eigenvalue weighted by Gasteiger charge is -2.07. The van der Waals surface area contributed by atoms with E-state index in [4.69, 9.17) is 4.74 Å². The van der Waals surface area contributed by atoms with Gasteiger partial charge in [0.2, 0.25) is 0 Å². The molecule has 0 saturated carbocycles. The molecule has 0 fully saturated rings. The Bertz CT molecular complexity index is 792. The van der Waals surface area contributed by atoms with Crippen molar-refractivity contribution in [2.45, 2.75) is 6.92 Å². The molecule has 1 N–H and O–H groups in total. The van der Waals surface area contributed by atoms with Gasteiger partial charge in [-0.2, -0.15) is 0 Å². The molecule has 124 valence electrons. The number of aromatic nitrogens is 1. The number of hydrogen-bond acceptors (Lipinski definition) is 6. The third-order valence-corrected chi connectivity index (χ3v) is 3.34. The van der Waals surface area contributed by atoms with E-state index in [1.165, 1.54) is 12.3 Å². The molecular formula is C15H12BrN3O5. The molecule has 0 spiro atoms. The monoisotopic (exact) mass is 393 g/mol. The van der Waals surface area contributed by atoms with Crippen LogP contribution >= 0.6 is 15.9 Å². The van der Waals surface area contributed by atoms with Gasteiger partial charge in [-0.15, -0.1) is 0 Å². The predicted octanol–water partition coefficient (Wildman–Crippen LogP) is 3.18. The zero-order chi connectivity index (χ0) is 17.7. The molecule has 0 radical (unpaired) electrons. The molecule has 0 aliphatic rings. The number of pyridine rings is 1. The summed E-state index contributed by atoms with van der Waals surface area (Å²) in [4.78, 5) is 38.4. The van der Waals surface area contributed by atoms with Gasteiger partial charge in [-0.3, -0.25) is 14.9 Å². The van der Waals surface area contributed by atoms with Gasteiger partial charge in [0, 0.05) is 28.4 Å². The van der Waals surface area contributed by atoms with Crippen molar-refractivity contribution in [1.82, 2.24) is 4.98 Å². The quantitative estimate of drug-likeness (QED) is 0.474. The molecule has 1 aromatic heterocycles. The van der Waals surface area contributed by atoms with Crippen LogP contribution in [-0.4, -0.2) is 28.4 Å². The van der Waals surface area contributed by atoms with E-state index in [0.29, 0.717) is 0 Å². The van der Waals surface area contributed by atoms with Gasteiger partial charge in [-0.05, 0) is 41.1 Å². The molecule has 0 unspecified atom stereocenters. The molecule has 0 atom stereocenters. The Balaban J connectivity index is 2.33. The first-order valence-electron chi connectivity index (χ1n) is 6.80. The van der Waals surface area contributed by atoms with Crippen molar-refractivity contribution in [3.05, 3.63) is 62.2 Å². The van der Waals surface area contributed by atoms with Crippen molar-refractivity contribution in [2.75, 3.05) is 11.9 Å². The smallest absolute Gasteiger partial charge is 0.338 e. The minimum absolute atomic E-state index is 0.0445. The molecule has 0 saturated heterocycles. The summed E-state index contributed by atoms with van der Waals surface area (Å²) in [6, 6.07) is 6.62. The highest BCUT2D eigenvalue weighted by Crippen LogP contribution is 2.19. The fraction of sp³-hybridized carbons (Fsp3) is 0.133. The Morgan fingerprint density at radius 1 is 1.29 bits per heavy atom. The minimum Gasteiger partial charge on any atom is -0.462 e. The van der Waals surface area contributed by atoms with Crippen LogP contribution in [0.15, 0.2) is 41.0 Å². The summed E-state index contributed by atoms with van der Waals surface area (Å²) in [5.74, 6) is -1.09. The molecule has 0 aliphatic heterocycles. The van der Waals surface area contributed by atoms with Gasteiger partial charge in [0.25, 0.3) is 11.6 Å². The molecule has 1 amide bonds. The highest BCUT2D eigenvalue weighted by molar-refractivity contribution is 9.10. The van der Waals surface area contributed by atoms with Crippen LogP contribution in [0.25, 0.3) is 0 Å². The molecule has 2 rings (SSSR count). The van der Waals surface area contributed by atoms with Gasteiger partial charge < -0.3 is 10.1 Å². The Kier molecular flexibility index (Phi) is 5.59. The summed E-state index contributed by atoms with van der Waals surface area (Å²) >= 11 is 3.22. The predicted molar refractivity (Wildman–Crippen MR) is 88.9 cm³/mol. The van der Waals surface area contributed by atoms with E-state index < -0.39 is 16.8 Å². The van der Waals surface area contributed by atoms with E-state index in [9.17, 15) is 19.7 Å². The van der Waals surface area contributed by atoms with Crippen molar-refractivity contribution in [3.63, 3.8) is 0 Å². The summed E-state index contributed by atoms with van der Waals surface area (Å²) in [6.07, 6.45) is 1.49. The van der Waals surface area contributed by atoms with Crippen LogP contribution in [0.3, 0.4) is 0 Å². The standard InChI is InChI=1S/C15H12BrN3O5/c1-2-24-15(21)10-5-9(6-12(7-10)19(22)23)14(20)18-13-4-3-11(16)8-17-13/h3-8H,2H2,1H3,(H,17,18,20). The van der Waals surface area contributed by atoms with E-state index in [0.717, 1.165) is 16.6 Å². The minimum atomic E-state index is -0.739. The van der Waals surface area contributed by atoms with Crippen molar-refractivity contribution < 1.29 is 19.2 Å². The van der Waals surface area contributed by atoms with Crippen molar-refractivity contribution >= 4 is 39.3 Å². The molecule has 0 aliphatic carbocycles. The Morgan fingerprint density at radius 3 is 2.58 bits per heavy atom. The summed E-state index contributed by atoms with van der Waals surface area (Å²) < 4.78 is 5.55. The number of ether oxygens (including phenoxy) is 1. The SMILES string of the molecule is CCOC(=O)c1cc(C(=O)Nc2ccc(Br)cn2)cc([N+](=O)[O-])c1. The van der Waals surface area contributed by atoms with Crippen LogP contribution in [0.4, 0.5) is 11.5 Å². The largest absolute Gasteiger partial charge is 0.462 e. The topological polar surface area (TPSA) is 111 Å². The number of nitrogens with zero attached hydrogens (tertiary/aromatic N) is 2. The third kappa shape index (κ3) is 4.35. The van der Waals surface area contributed by atoms with E-state index in [1.54, 1.807) is 19.1 Å². The fourth-order valence-electron chi connectivity index (χ4n) is 1.82. The van der Waals surface area contributed by atoms with Gasteiger partial charge in [0.1, 0.15) is 5.82 Å². The zero-order valence-corrected chi connectivity index (χ0v) is 14.1. The lowest BCUT2D eigenvalue weighted by atomic mass is 10.1. The van der Waals surface area contributed by atoms with E-state index in [1.807, 2.05) is 0 Å². The second kappa shape index (κ2) is 7.64. The lowest BCUT2D eigenvalue weighted by Crippen LogP contribution is -2.15. The molecule has 9 heteroatoms. The number of esters is 1. The average molecular weight is 394 g/mol. The maximum absolute atomic E-state index is 12.3. The molecule has 2 aromatic rings. The molecule has 24 heavy (non-hydrogen) atoms. The highest BCUT2D eigenvalue weighted by atomic mass is 79.9. The third-order valence-electron chi connectivity index (χ3n) is 2.87. The first kappa shape index (κ1) is 17.5. The van der Waals surface area contributed by atoms with Gasteiger partial charge in [-0.25, -0.2) is 9.78 Å². The van der Waals surface area contributed by atoms with Gasteiger partial charge in [-0.1, -0.05) is 0 Å². The number of benzene rings is 1. The number of carbonyl (C=O) groups excluding carboxylic acids is 2. The van der Waals surface area contributed by atoms with Crippen LogP contribution < -0.4 is 5.32 Å². The van der Waals surface area contributed by atoms with Gasteiger partial charge in [0.05, 0.1) is 17.1 Å². The van der Waals surface area contributed by atoms with Gasteiger partial charge in [0.15, 0.2) is 0 Å². The first-order valence-corrected chi connectivity index (χ1v) is 7.59. The summed E-state index contributed by atoms with van der Waals surface area (Å²) in [5, 5.41) is 13.5. The number of halogens is 1. The molecular weight excluding hydrogens is 382 g/mol. The molecule has 0 bridgehead atoms.